The fraction of sp³-hybridized carbons (Fsp3) is 0.667. The van der Waals surface area contributed by atoms with E-state index in [4.69, 9.17) is 9.47 Å². The molecule has 0 aliphatic carbocycles. The monoisotopic (exact) mass is 459 g/mol. The number of methoxy groups -OCH3 is 1. The zero-order valence-electron chi connectivity index (χ0n) is 21.6. The van der Waals surface area contributed by atoms with E-state index in [1.807, 2.05) is 0 Å². The second kappa shape index (κ2) is 10.7. The summed E-state index contributed by atoms with van der Waals surface area (Å²) in [5, 5.41) is 0. The van der Waals surface area contributed by atoms with Gasteiger partial charge >= 0.3 is 12.1 Å². The van der Waals surface area contributed by atoms with Crippen LogP contribution >= 0.6 is 0 Å². The number of benzene rings is 1. The number of ether oxygens (including phenoxy) is 2. The van der Waals surface area contributed by atoms with Gasteiger partial charge in [-0.25, -0.2) is 4.79 Å². The molecule has 0 N–H and O–H groups in total. The van der Waals surface area contributed by atoms with E-state index in [1.165, 1.54) is 18.2 Å². The molecule has 0 bridgehead atoms. The molecule has 0 saturated carbocycles. The maximum absolute atomic E-state index is 12.8. The molecule has 0 radical (unpaired) electrons. The van der Waals surface area contributed by atoms with Crippen molar-refractivity contribution in [3.8, 4) is 0 Å². The lowest BCUT2D eigenvalue weighted by atomic mass is 9.78. The van der Waals surface area contributed by atoms with Crippen molar-refractivity contribution in [1.29, 1.82) is 0 Å². The number of likely N-dealkylation sites (tertiary alicyclic amines) is 1. The highest BCUT2D eigenvalue weighted by Gasteiger charge is 2.36. The third-order valence-electron chi connectivity index (χ3n) is 6.40. The molecule has 2 unspecified atom stereocenters. The highest BCUT2D eigenvalue weighted by molar-refractivity contribution is 5.96. The number of piperidine rings is 1. The summed E-state index contributed by atoms with van der Waals surface area (Å²) < 4.78 is 9.98. The van der Waals surface area contributed by atoms with Crippen LogP contribution in [0.25, 0.3) is 0 Å². The first-order valence-electron chi connectivity index (χ1n) is 11.9. The first-order valence-corrected chi connectivity index (χ1v) is 11.9. The molecule has 1 aliphatic rings. The number of esters is 1. The van der Waals surface area contributed by atoms with E-state index in [9.17, 15) is 14.4 Å². The predicted molar refractivity (Wildman–Crippen MR) is 129 cm³/mol. The molecule has 1 fully saturated rings. The van der Waals surface area contributed by atoms with Gasteiger partial charge in [-0.15, -0.1) is 0 Å². The zero-order chi connectivity index (χ0) is 25.0. The highest BCUT2D eigenvalue weighted by Crippen LogP contribution is 2.33. The lowest BCUT2D eigenvalue weighted by Gasteiger charge is -2.38. The number of hydrogen-bond donors (Lipinski definition) is 0. The van der Waals surface area contributed by atoms with Gasteiger partial charge in [0.25, 0.3) is 0 Å². The van der Waals surface area contributed by atoms with Gasteiger partial charge in [0, 0.05) is 18.5 Å². The fourth-order valence-corrected chi connectivity index (χ4v) is 4.34. The summed E-state index contributed by atoms with van der Waals surface area (Å²) in [6, 6.07) is 6.53. The Balaban J connectivity index is 2.34. The van der Waals surface area contributed by atoms with Gasteiger partial charge in [-0.2, -0.15) is 0 Å². The van der Waals surface area contributed by atoms with Crippen LogP contribution < -0.4 is 0 Å². The van der Waals surface area contributed by atoms with Crippen LogP contribution in [0.4, 0.5) is 4.79 Å². The maximum Gasteiger partial charge on any atom is 0.409 e. The number of Topliss-reactive ketones (excluding diaryl/α,β-unsaturated/α-hetero) is 1. The van der Waals surface area contributed by atoms with Gasteiger partial charge < -0.3 is 14.4 Å². The number of hydrogen-bond acceptors (Lipinski definition) is 5. The van der Waals surface area contributed by atoms with Crippen molar-refractivity contribution in [2.75, 3.05) is 20.3 Å². The Hall–Kier alpha value is -2.37. The second-order valence-electron chi connectivity index (χ2n) is 11.1. The topological polar surface area (TPSA) is 72.9 Å². The first kappa shape index (κ1) is 26.9. The molecular weight excluding hydrogens is 418 g/mol. The molecule has 1 heterocycles. The van der Waals surface area contributed by atoms with Crippen molar-refractivity contribution in [2.24, 2.45) is 5.92 Å². The number of amides is 1. The molecule has 6 heteroatoms. The van der Waals surface area contributed by atoms with Crippen LogP contribution in [-0.2, 0) is 36.3 Å². The minimum atomic E-state index is -0.484. The largest absolute Gasteiger partial charge is 0.466 e. The van der Waals surface area contributed by atoms with E-state index in [0.717, 1.165) is 5.56 Å². The number of carbonyl (C=O) groups excluding carboxylic acids is 3. The van der Waals surface area contributed by atoms with Crippen molar-refractivity contribution in [2.45, 2.75) is 91.0 Å². The van der Waals surface area contributed by atoms with Crippen molar-refractivity contribution in [3.63, 3.8) is 0 Å². The minimum absolute atomic E-state index is 0.0112. The molecule has 184 valence electrons. The van der Waals surface area contributed by atoms with Crippen LogP contribution in [-0.4, -0.2) is 49.0 Å². The summed E-state index contributed by atoms with van der Waals surface area (Å²) in [6.45, 7) is 15.6. The summed E-state index contributed by atoms with van der Waals surface area (Å²) in [7, 11) is 1.38. The highest BCUT2D eigenvalue weighted by atomic mass is 16.5. The summed E-state index contributed by atoms with van der Waals surface area (Å²) in [4.78, 5) is 38.8. The Morgan fingerprint density at radius 2 is 1.58 bits per heavy atom. The van der Waals surface area contributed by atoms with E-state index in [-0.39, 0.29) is 47.7 Å². The lowest BCUT2D eigenvalue weighted by molar-refractivity contribution is -0.146. The van der Waals surface area contributed by atoms with E-state index in [2.05, 4.69) is 59.7 Å². The normalized spacial score (nSPS) is 19.2. The first-order chi connectivity index (χ1) is 15.3. The van der Waals surface area contributed by atoms with Crippen molar-refractivity contribution in [3.05, 3.63) is 34.9 Å². The third kappa shape index (κ3) is 7.31. The molecule has 1 aromatic rings. The van der Waals surface area contributed by atoms with Crippen molar-refractivity contribution < 1.29 is 23.9 Å². The molecule has 33 heavy (non-hydrogen) atoms. The van der Waals surface area contributed by atoms with Gasteiger partial charge in [0.15, 0.2) is 0 Å². The number of nitrogens with zero attached hydrogens (tertiary/aromatic N) is 1. The Bertz CT molecular complexity index is 830. The van der Waals surface area contributed by atoms with Gasteiger partial charge in [-0.3, -0.25) is 9.59 Å². The molecule has 2 atom stereocenters. The van der Waals surface area contributed by atoms with Crippen LogP contribution in [0.15, 0.2) is 18.2 Å². The molecule has 6 nitrogen and oxygen atoms in total. The summed E-state index contributed by atoms with van der Waals surface area (Å²) in [5.74, 6) is -0.864. The molecule has 1 saturated heterocycles. The standard InChI is InChI=1S/C27H41NO5/c1-9-33-24(30)17-23(29)19-10-11-28(25(31)32-8)22(15-19)14-18-12-20(26(2,3)4)16-21(13-18)27(5,6)7/h12-13,16,19,22H,9-11,14-15,17H2,1-8H3. The van der Waals surface area contributed by atoms with Crippen LogP contribution in [0, 0.1) is 5.92 Å². The van der Waals surface area contributed by atoms with Crippen molar-refractivity contribution in [1.82, 2.24) is 4.90 Å². The zero-order valence-corrected chi connectivity index (χ0v) is 21.6. The average Bonchev–Trinajstić information content (AvgIpc) is 2.71. The SMILES string of the molecule is CCOC(=O)CC(=O)C1CCN(C(=O)OC)C(Cc2cc(C(C)(C)C)cc(C(C)(C)C)c2)C1. The van der Waals surface area contributed by atoms with Gasteiger partial charge in [0.1, 0.15) is 12.2 Å². The van der Waals surface area contributed by atoms with Gasteiger partial charge in [0.05, 0.1) is 13.7 Å². The number of rotatable bonds is 6. The van der Waals surface area contributed by atoms with E-state index in [1.54, 1.807) is 11.8 Å². The van der Waals surface area contributed by atoms with Crippen LogP contribution in [0.3, 0.4) is 0 Å². The number of ketones is 1. The quantitative estimate of drug-likeness (QED) is 0.432. The lowest BCUT2D eigenvalue weighted by Crippen LogP contribution is -2.48. The summed E-state index contributed by atoms with van der Waals surface area (Å²) in [5.41, 5.74) is 3.62. The third-order valence-corrected chi connectivity index (χ3v) is 6.40. The molecule has 0 spiro atoms. The molecule has 0 aromatic heterocycles. The Labute approximate surface area is 199 Å². The second-order valence-corrected chi connectivity index (χ2v) is 11.1. The number of carbonyl (C=O) groups is 3. The van der Waals surface area contributed by atoms with Crippen LogP contribution in [0.2, 0.25) is 0 Å². The van der Waals surface area contributed by atoms with Gasteiger partial charge in [-0.05, 0) is 53.7 Å². The minimum Gasteiger partial charge on any atom is -0.466 e. The Morgan fingerprint density at radius 1 is 1.00 bits per heavy atom. The maximum atomic E-state index is 12.8. The predicted octanol–water partition coefficient (Wildman–Crippen LogP) is 5.19. The van der Waals surface area contributed by atoms with E-state index >= 15 is 0 Å². The van der Waals surface area contributed by atoms with Gasteiger partial charge in [-0.1, -0.05) is 59.7 Å². The molecule has 1 aromatic carbocycles. The molecule has 1 amide bonds. The molecular formula is C27H41NO5. The molecule has 2 rings (SSSR count). The Kier molecular flexibility index (Phi) is 8.72. The van der Waals surface area contributed by atoms with E-state index < -0.39 is 5.97 Å². The fourth-order valence-electron chi connectivity index (χ4n) is 4.34. The van der Waals surface area contributed by atoms with Gasteiger partial charge in [0.2, 0.25) is 0 Å². The summed E-state index contributed by atoms with van der Waals surface area (Å²) in [6.07, 6.45) is 1.08. The molecule has 1 aliphatic heterocycles. The summed E-state index contributed by atoms with van der Waals surface area (Å²) >= 11 is 0. The van der Waals surface area contributed by atoms with Crippen LogP contribution in [0.5, 0.6) is 0 Å². The van der Waals surface area contributed by atoms with Crippen LogP contribution in [0.1, 0.15) is 84.4 Å². The average molecular weight is 460 g/mol. The Morgan fingerprint density at radius 3 is 2.06 bits per heavy atom. The van der Waals surface area contributed by atoms with Crippen molar-refractivity contribution >= 4 is 17.8 Å². The van der Waals surface area contributed by atoms with E-state index in [0.29, 0.717) is 25.8 Å². The smallest absolute Gasteiger partial charge is 0.409 e.